The molecule has 0 aliphatic rings. The number of nitrogens with two attached hydrogens (primary N) is 1. The fraction of sp³-hybridized carbons (Fsp3) is 0.125. The maximum atomic E-state index is 5.76. The highest BCUT2D eigenvalue weighted by molar-refractivity contribution is 5.74. The normalized spacial score (nSPS) is 10.7. The lowest BCUT2D eigenvalue weighted by Crippen LogP contribution is -2.01. The lowest BCUT2D eigenvalue weighted by atomic mass is 10.2. The molecule has 2 N–H and O–H groups in total. The zero-order valence-electron chi connectivity index (χ0n) is 11.2. The van der Waals surface area contributed by atoms with E-state index < -0.39 is 0 Å². The van der Waals surface area contributed by atoms with Crippen LogP contribution in [0.5, 0.6) is 5.88 Å². The second-order valence-electron chi connectivity index (χ2n) is 4.63. The number of aryl methyl sites for hydroxylation is 1. The number of nitrogens with zero attached hydrogens (tertiary/aromatic N) is 2. The molecule has 2 aromatic carbocycles. The van der Waals surface area contributed by atoms with Gasteiger partial charge in [-0.1, -0.05) is 24.3 Å². The first-order chi connectivity index (χ1) is 9.72. The van der Waals surface area contributed by atoms with Crippen LogP contribution >= 0.6 is 0 Å². The highest BCUT2D eigenvalue weighted by Crippen LogP contribution is 2.19. The molecule has 4 nitrogen and oxygen atoms in total. The van der Waals surface area contributed by atoms with Gasteiger partial charge in [-0.25, -0.2) is 9.97 Å². The number of fused-ring (bicyclic) bond motifs is 1. The summed E-state index contributed by atoms with van der Waals surface area (Å²) >= 11 is 0. The third kappa shape index (κ3) is 2.54. The Bertz CT molecular complexity index is 738. The number of anilines is 1. The Morgan fingerprint density at radius 2 is 1.60 bits per heavy atom. The van der Waals surface area contributed by atoms with E-state index in [9.17, 15) is 0 Å². The third-order valence-electron chi connectivity index (χ3n) is 3.06. The predicted octanol–water partition coefficient (Wildman–Crippen LogP) is 3.10. The average Bonchev–Trinajstić information content (AvgIpc) is 2.47. The molecular weight excluding hydrogens is 250 g/mol. The molecule has 0 spiro atoms. The van der Waals surface area contributed by atoms with Crippen molar-refractivity contribution < 1.29 is 4.74 Å². The zero-order valence-corrected chi connectivity index (χ0v) is 11.2. The largest absolute Gasteiger partial charge is 0.471 e. The Kier molecular flexibility index (Phi) is 3.21. The number of aromatic nitrogens is 2. The summed E-state index contributed by atoms with van der Waals surface area (Å²) < 4.78 is 5.76. The second kappa shape index (κ2) is 5.17. The van der Waals surface area contributed by atoms with Gasteiger partial charge in [-0.05, 0) is 36.8 Å². The third-order valence-corrected chi connectivity index (χ3v) is 3.06. The molecule has 0 saturated carbocycles. The average molecular weight is 265 g/mol. The number of hydrogen-bond acceptors (Lipinski definition) is 4. The Labute approximate surface area is 117 Å². The van der Waals surface area contributed by atoms with E-state index in [2.05, 4.69) is 9.97 Å². The second-order valence-corrected chi connectivity index (χ2v) is 4.63. The first kappa shape index (κ1) is 12.4. The van der Waals surface area contributed by atoms with Crippen molar-refractivity contribution in [2.75, 3.05) is 5.73 Å². The molecule has 0 atom stereocenters. The lowest BCUT2D eigenvalue weighted by Gasteiger charge is -2.09. The van der Waals surface area contributed by atoms with Gasteiger partial charge in [-0.2, -0.15) is 0 Å². The topological polar surface area (TPSA) is 61.0 Å². The predicted molar refractivity (Wildman–Crippen MR) is 79.5 cm³/mol. The Hall–Kier alpha value is -2.62. The van der Waals surface area contributed by atoms with Gasteiger partial charge in [-0.3, -0.25) is 0 Å². The summed E-state index contributed by atoms with van der Waals surface area (Å²) in [7, 11) is 0. The van der Waals surface area contributed by atoms with E-state index in [1.807, 2.05) is 55.5 Å². The van der Waals surface area contributed by atoms with Crippen molar-refractivity contribution in [3.05, 3.63) is 59.8 Å². The van der Waals surface area contributed by atoms with Crippen molar-refractivity contribution in [2.45, 2.75) is 13.5 Å². The van der Waals surface area contributed by atoms with Crippen molar-refractivity contribution in [2.24, 2.45) is 0 Å². The monoisotopic (exact) mass is 265 g/mol. The highest BCUT2D eigenvalue weighted by Gasteiger charge is 2.06. The standard InChI is InChI=1S/C16H15N3O/c1-11-16(19-15-5-3-2-4-14(15)18-11)20-10-12-6-8-13(17)9-7-12/h2-9H,10,17H2,1H3. The Morgan fingerprint density at radius 1 is 0.950 bits per heavy atom. The molecule has 0 bridgehead atoms. The Morgan fingerprint density at radius 3 is 2.30 bits per heavy atom. The van der Waals surface area contributed by atoms with Gasteiger partial charge < -0.3 is 10.5 Å². The quantitative estimate of drug-likeness (QED) is 0.739. The van der Waals surface area contributed by atoms with Crippen molar-refractivity contribution in [3.8, 4) is 5.88 Å². The summed E-state index contributed by atoms with van der Waals surface area (Å²) in [6.07, 6.45) is 0. The number of ether oxygens (including phenoxy) is 1. The van der Waals surface area contributed by atoms with Crippen LogP contribution in [0.1, 0.15) is 11.3 Å². The molecule has 0 aliphatic heterocycles. The van der Waals surface area contributed by atoms with Crippen molar-refractivity contribution >= 4 is 16.7 Å². The van der Waals surface area contributed by atoms with Gasteiger partial charge in [0, 0.05) is 5.69 Å². The van der Waals surface area contributed by atoms with Gasteiger partial charge in [0.1, 0.15) is 12.3 Å². The first-order valence-electron chi connectivity index (χ1n) is 6.43. The molecule has 0 fully saturated rings. The fourth-order valence-electron chi connectivity index (χ4n) is 1.97. The molecular formula is C16H15N3O. The maximum absolute atomic E-state index is 5.76. The maximum Gasteiger partial charge on any atom is 0.236 e. The summed E-state index contributed by atoms with van der Waals surface area (Å²) in [4.78, 5) is 8.99. The van der Waals surface area contributed by atoms with Crippen LogP contribution in [-0.4, -0.2) is 9.97 Å². The minimum Gasteiger partial charge on any atom is -0.471 e. The first-order valence-corrected chi connectivity index (χ1v) is 6.43. The van der Waals surface area contributed by atoms with Crippen molar-refractivity contribution in [1.29, 1.82) is 0 Å². The summed E-state index contributed by atoms with van der Waals surface area (Å²) in [5.74, 6) is 0.570. The van der Waals surface area contributed by atoms with Crippen LogP contribution < -0.4 is 10.5 Å². The smallest absolute Gasteiger partial charge is 0.236 e. The van der Waals surface area contributed by atoms with Crippen LogP contribution in [0.3, 0.4) is 0 Å². The SMILES string of the molecule is Cc1nc2ccccc2nc1OCc1ccc(N)cc1. The van der Waals surface area contributed by atoms with Gasteiger partial charge in [0.2, 0.25) is 5.88 Å². The molecule has 0 unspecified atom stereocenters. The molecule has 3 aromatic rings. The molecule has 1 aromatic heterocycles. The molecule has 20 heavy (non-hydrogen) atoms. The molecule has 0 saturated heterocycles. The number of nitrogen functional groups attached to an aromatic ring is 1. The number of benzene rings is 2. The number of para-hydroxylation sites is 2. The zero-order chi connectivity index (χ0) is 13.9. The van der Waals surface area contributed by atoms with E-state index in [4.69, 9.17) is 10.5 Å². The highest BCUT2D eigenvalue weighted by atomic mass is 16.5. The van der Waals surface area contributed by atoms with E-state index in [1.165, 1.54) is 0 Å². The molecule has 3 rings (SSSR count). The molecule has 1 heterocycles. The summed E-state index contributed by atoms with van der Waals surface area (Å²) in [6, 6.07) is 15.4. The van der Waals surface area contributed by atoms with Gasteiger partial charge in [0.25, 0.3) is 0 Å². The van der Waals surface area contributed by atoms with E-state index in [0.717, 1.165) is 28.0 Å². The number of hydrogen-bond donors (Lipinski definition) is 1. The lowest BCUT2D eigenvalue weighted by molar-refractivity contribution is 0.291. The summed E-state index contributed by atoms with van der Waals surface area (Å²) in [5, 5.41) is 0. The number of rotatable bonds is 3. The van der Waals surface area contributed by atoms with Crippen LogP contribution in [0, 0.1) is 6.92 Å². The van der Waals surface area contributed by atoms with Crippen molar-refractivity contribution in [3.63, 3.8) is 0 Å². The van der Waals surface area contributed by atoms with Gasteiger partial charge in [0.15, 0.2) is 0 Å². The van der Waals surface area contributed by atoms with Gasteiger partial charge >= 0.3 is 0 Å². The van der Waals surface area contributed by atoms with Gasteiger partial charge in [-0.15, -0.1) is 0 Å². The fourth-order valence-corrected chi connectivity index (χ4v) is 1.97. The molecule has 0 aliphatic carbocycles. The van der Waals surface area contributed by atoms with Crippen LogP contribution in [-0.2, 0) is 6.61 Å². The summed E-state index contributed by atoms with van der Waals surface area (Å²) in [6.45, 7) is 2.35. The van der Waals surface area contributed by atoms with E-state index in [1.54, 1.807) is 0 Å². The Balaban J connectivity index is 1.83. The van der Waals surface area contributed by atoms with Crippen LogP contribution in [0.15, 0.2) is 48.5 Å². The minimum atomic E-state index is 0.453. The minimum absolute atomic E-state index is 0.453. The molecule has 4 heteroatoms. The van der Waals surface area contributed by atoms with Crippen molar-refractivity contribution in [1.82, 2.24) is 9.97 Å². The summed E-state index contributed by atoms with van der Waals surface area (Å²) in [5.41, 5.74) is 9.96. The van der Waals surface area contributed by atoms with Crippen LogP contribution in [0.2, 0.25) is 0 Å². The van der Waals surface area contributed by atoms with Gasteiger partial charge in [0.05, 0.1) is 11.0 Å². The molecule has 100 valence electrons. The van der Waals surface area contributed by atoms with Crippen LogP contribution in [0.25, 0.3) is 11.0 Å². The van der Waals surface area contributed by atoms with E-state index in [-0.39, 0.29) is 0 Å². The van der Waals surface area contributed by atoms with E-state index in [0.29, 0.717) is 12.5 Å². The molecule has 0 amide bonds. The van der Waals surface area contributed by atoms with E-state index >= 15 is 0 Å². The van der Waals surface area contributed by atoms with Crippen LogP contribution in [0.4, 0.5) is 5.69 Å². The molecule has 0 radical (unpaired) electrons.